The molecular formula is C43H52O10. The summed E-state index contributed by atoms with van der Waals surface area (Å²) in [5.74, 6) is -2.34. The van der Waals surface area contributed by atoms with Crippen molar-refractivity contribution in [1.82, 2.24) is 0 Å². The van der Waals surface area contributed by atoms with Crippen molar-refractivity contribution in [2.24, 2.45) is 5.92 Å². The Morgan fingerprint density at radius 1 is 0.585 bits per heavy atom. The van der Waals surface area contributed by atoms with E-state index in [0.717, 1.165) is 48.8 Å². The maximum absolute atomic E-state index is 10.9. The van der Waals surface area contributed by atoms with Crippen LogP contribution in [0.5, 0.6) is 11.5 Å². The zero-order valence-electron chi connectivity index (χ0n) is 31.2. The van der Waals surface area contributed by atoms with Gasteiger partial charge < -0.3 is 29.9 Å². The normalized spacial score (nSPS) is 9.85. The molecule has 10 nitrogen and oxygen atoms in total. The summed E-state index contributed by atoms with van der Waals surface area (Å²) in [4.78, 5) is 42.7. The van der Waals surface area contributed by atoms with E-state index in [1.807, 2.05) is 39.0 Å². The van der Waals surface area contributed by atoms with E-state index in [2.05, 4.69) is 6.58 Å². The van der Waals surface area contributed by atoms with Gasteiger partial charge in [-0.15, -0.1) is 6.58 Å². The first-order chi connectivity index (χ1) is 25.2. The van der Waals surface area contributed by atoms with Crippen molar-refractivity contribution in [3.8, 4) is 11.5 Å². The van der Waals surface area contributed by atoms with Gasteiger partial charge in [0.05, 0.1) is 24.3 Å². The van der Waals surface area contributed by atoms with E-state index in [-0.39, 0.29) is 11.1 Å². The lowest BCUT2D eigenvalue weighted by Crippen LogP contribution is -2.08. The van der Waals surface area contributed by atoms with E-state index in [4.69, 9.17) is 29.9 Å². The molecule has 10 heteroatoms. The molecule has 0 aliphatic rings. The molecule has 4 aromatic rings. The van der Waals surface area contributed by atoms with Crippen LogP contribution in [-0.2, 0) is 0 Å². The first-order valence-corrected chi connectivity index (χ1v) is 17.3. The summed E-state index contributed by atoms with van der Waals surface area (Å²) in [6.45, 7) is 14.3. The van der Waals surface area contributed by atoms with Crippen LogP contribution in [-0.4, -0.2) is 57.5 Å². The number of rotatable bonds is 15. The third kappa shape index (κ3) is 18.2. The van der Waals surface area contributed by atoms with Crippen molar-refractivity contribution in [1.29, 1.82) is 0 Å². The number of allylic oxidation sites excluding steroid dienone is 1. The van der Waals surface area contributed by atoms with Gasteiger partial charge in [0.15, 0.2) is 0 Å². The summed E-state index contributed by atoms with van der Waals surface area (Å²) >= 11 is 0. The molecule has 0 heterocycles. The van der Waals surface area contributed by atoms with Crippen LogP contribution < -0.4 is 9.47 Å². The number of aromatic carboxylic acids is 4. The lowest BCUT2D eigenvalue weighted by molar-refractivity contribution is 0.0680. The number of aryl methyl sites for hydroxylation is 3. The van der Waals surface area contributed by atoms with Gasteiger partial charge in [0.1, 0.15) is 22.6 Å². The number of carboxylic acid groups (broad SMARTS) is 4. The van der Waals surface area contributed by atoms with Gasteiger partial charge in [-0.1, -0.05) is 92.9 Å². The smallest absolute Gasteiger partial charge is 0.339 e. The maximum Gasteiger partial charge on any atom is 0.339 e. The first-order valence-electron chi connectivity index (χ1n) is 17.3. The summed E-state index contributed by atoms with van der Waals surface area (Å²) in [5, 5.41) is 35.0. The Kier molecular flexibility index (Phi) is 21.4. The topological polar surface area (TPSA) is 168 Å². The van der Waals surface area contributed by atoms with Crippen LogP contribution >= 0.6 is 0 Å². The summed E-state index contributed by atoms with van der Waals surface area (Å²) in [6.07, 6.45) is 7.36. The Bertz CT molecular complexity index is 1760. The molecule has 0 aliphatic heterocycles. The molecule has 53 heavy (non-hydrogen) atoms. The fourth-order valence-corrected chi connectivity index (χ4v) is 4.59. The number of unbranched alkanes of at least 4 members (excludes halogenated alkanes) is 4. The maximum atomic E-state index is 10.9. The Morgan fingerprint density at radius 3 is 1.49 bits per heavy atom. The van der Waals surface area contributed by atoms with Crippen molar-refractivity contribution >= 4 is 23.9 Å². The lowest BCUT2D eigenvalue weighted by Gasteiger charge is -2.10. The van der Waals surface area contributed by atoms with E-state index in [1.54, 1.807) is 86.6 Å². The first kappa shape index (κ1) is 45.1. The van der Waals surface area contributed by atoms with Crippen LogP contribution in [0.3, 0.4) is 0 Å². The monoisotopic (exact) mass is 728 g/mol. The highest BCUT2D eigenvalue weighted by molar-refractivity contribution is 5.91. The van der Waals surface area contributed by atoms with Crippen molar-refractivity contribution in [2.75, 3.05) is 13.2 Å². The molecule has 4 rings (SSSR count). The van der Waals surface area contributed by atoms with Crippen LogP contribution in [0, 0.1) is 26.7 Å². The van der Waals surface area contributed by atoms with Gasteiger partial charge in [0.2, 0.25) is 0 Å². The Balaban J connectivity index is 0.000000362. The molecule has 0 radical (unpaired) electrons. The molecule has 0 fully saturated rings. The van der Waals surface area contributed by atoms with Crippen LogP contribution in [0.1, 0.15) is 104 Å². The fraction of sp³-hybridized carbons (Fsp3) is 0.302. The Hall–Kier alpha value is -5.90. The van der Waals surface area contributed by atoms with E-state index in [1.165, 1.54) is 6.07 Å². The van der Waals surface area contributed by atoms with Gasteiger partial charge >= 0.3 is 23.9 Å². The fourth-order valence-electron chi connectivity index (χ4n) is 4.59. The average molecular weight is 729 g/mol. The highest BCUT2D eigenvalue weighted by Gasteiger charge is 2.11. The molecule has 0 spiro atoms. The second kappa shape index (κ2) is 25.1. The number of hydrogen-bond acceptors (Lipinski definition) is 6. The van der Waals surface area contributed by atoms with Gasteiger partial charge in [-0.2, -0.15) is 0 Å². The molecule has 0 aliphatic carbocycles. The van der Waals surface area contributed by atoms with Crippen LogP contribution in [0.15, 0.2) is 104 Å². The molecule has 0 unspecified atom stereocenters. The number of carbonyl (C=O) groups is 4. The third-order valence-electron chi connectivity index (χ3n) is 7.36. The summed E-state index contributed by atoms with van der Waals surface area (Å²) in [5.41, 5.74) is 3.91. The van der Waals surface area contributed by atoms with E-state index < -0.39 is 23.9 Å². The predicted octanol–water partition coefficient (Wildman–Crippen LogP) is 10.0. The molecule has 284 valence electrons. The quantitative estimate of drug-likeness (QED) is 0.0683. The summed E-state index contributed by atoms with van der Waals surface area (Å²) < 4.78 is 10.9. The van der Waals surface area contributed by atoms with Crippen molar-refractivity contribution in [3.05, 3.63) is 143 Å². The second-order valence-electron chi connectivity index (χ2n) is 12.4. The Labute approximate surface area is 312 Å². The predicted molar refractivity (Wildman–Crippen MR) is 207 cm³/mol. The largest absolute Gasteiger partial charge is 0.493 e. The van der Waals surface area contributed by atoms with Crippen LogP contribution in [0.4, 0.5) is 0 Å². The van der Waals surface area contributed by atoms with Crippen LogP contribution in [0.25, 0.3) is 0 Å². The minimum Gasteiger partial charge on any atom is -0.493 e. The highest BCUT2D eigenvalue weighted by Crippen LogP contribution is 2.19. The summed E-state index contributed by atoms with van der Waals surface area (Å²) in [7, 11) is 0. The van der Waals surface area contributed by atoms with Gasteiger partial charge in [-0.25, -0.2) is 19.2 Å². The summed E-state index contributed by atoms with van der Waals surface area (Å²) in [6, 6.07) is 25.6. The van der Waals surface area contributed by atoms with E-state index >= 15 is 0 Å². The molecule has 4 aromatic carbocycles. The Morgan fingerprint density at radius 2 is 1.04 bits per heavy atom. The third-order valence-corrected chi connectivity index (χ3v) is 7.36. The van der Waals surface area contributed by atoms with Gasteiger partial charge in [-0.05, 0) is 93.5 Å². The van der Waals surface area contributed by atoms with Gasteiger partial charge in [0.25, 0.3) is 0 Å². The minimum atomic E-state index is -0.954. The zero-order valence-corrected chi connectivity index (χ0v) is 31.2. The zero-order chi connectivity index (χ0) is 39.8. The standard InChI is InChI=1S/C15H20O3.C11H14O3.C9H10O2.C8H8O2/c1-2-3-4-5-6-9-12-18-14-11-8-7-10-13(14)15(16)17;1-8(2)7-14-10-6-4-3-5-9(10)11(12)13;1-6-3-4-8(9(10)11)7(2)5-6;1-6-4-2-3-5-7(6)8(9)10/h2,7-8,10-11H,1,3-6,9,12H2,(H,16,17);3-6,8H,7H2,1-2H3,(H,12,13);3-5H,1-2H3,(H,10,11);2-5H,1H3,(H,9,10). The highest BCUT2D eigenvalue weighted by atomic mass is 16.5. The number of para-hydroxylation sites is 2. The average Bonchev–Trinajstić information content (AvgIpc) is 3.11. The molecule has 0 bridgehead atoms. The number of hydrogen-bond donors (Lipinski definition) is 4. The van der Waals surface area contributed by atoms with Gasteiger partial charge in [-0.3, -0.25) is 0 Å². The number of ether oxygens (including phenoxy) is 2. The van der Waals surface area contributed by atoms with Gasteiger partial charge in [0, 0.05) is 0 Å². The SMILES string of the molecule is C=CCCCCCCOc1ccccc1C(=O)O.CC(C)COc1ccccc1C(=O)O.Cc1ccc(C(=O)O)c(C)c1.Cc1ccccc1C(=O)O. The molecular weight excluding hydrogens is 676 g/mol. The number of benzene rings is 4. The van der Waals surface area contributed by atoms with E-state index in [0.29, 0.717) is 41.8 Å². The van der Waals surface area contributed by atoms with Crippen molar-refractivity contribution in [3.63, 3.8) is 0 Å². The molecule has 0 amide bonds. The molecule has 0 atom stereocenters. The molecule has 0 saturated carbocycles. The second-order valence-corrected chi connectivity index (χ2v) is 12.4. The molecule has 0 aromatic heterocycles. The van der Waals surface area contributed by atoms with Crippen LogP contribution in [0.2, 0.25) is 0 Å². The van der Waals surface area contributed by atoms with E-state index in [9.17, 15) is 19.2 Å². The molecule has 0 saturated heterocycles. The van der Waals surface area contributed by atoms with Crippen molar-refractivity contribution in [2.45, 2.75) is 66.7 Å². The number of carboxylic acids is 4. The lowest BCUT2D eigenvalue weighted by atomic mass is 10.1. The molecule has 4 N–H and O–H groups in total. The van der Waals surface area contributed by atoms with Crippen molar-refractivity contribution < 1.29 is 49.1 Å². The minimum absolute atomic E-state index is 0.216.